The number of anilines is 1. The van der Waals surface area contributed by atoms with Crippen molar-refractivity contribution in [2.45, 2.75) is 52.7 Å². The second-order valence-electron chi connectivity index (χ2n) is 5.15. The minimum absolute atomic E-state index is 0.0349. The third-order valence-corrected chi connectivity index (χ3v) is 3.86. The molecule has 2 atom stereocenters. The molecule has 4 nitrogen and oxygen atoms in total. The van der Waals surface area contributed by atoms with Gasteiger partial charge in [-0.15, -0.1) is 0 Å². The van der Waals surface area contributed by atoms with Crippen molar-refractivity contribution in [3.63, 3.8) is 0 Å². The average Bonchev–Trinajstić information content (AvgIpc) is 2.48. The van der Waals surface area contributed by atoms with Crippen LogP contribution in [0.25, 0.3) is 0 Å². The summed E-state index contributed by atoms with van der Waals surface area (Å²) in [5, 5.41) is 2.97. The lowest BCUT2D eigenvalue weighted by Crippen LogP contribution is -2.46. The zero-order valence-corrected chi connectivity index (χ0v) is 13.0. The summed E-state index contributed by atoms with van der Waals surface area (Å²) in [5.41, 5.74) is 7.44. The number of carbonyl (C=O) groups is 1. The Balaban J connectivity index is 2.68. The fourth-order valence-electron chi connectivity index (χ4n) is 2.32. The van der Waals surface area contributed by atoms with Crippen LogP contribution in [0.3, 0.4) is 0 Å². The van der Waals surface area contributed by atoms with Gasteiger partial charge >= 0.3 is 0 Å². The Bertz CT molecular complexity index is 416. The number of hydrogen-bond donors (Lipinski definition) is 2. The zero-order valence-electron chi connectivity index (χ0n) is 13.0. The Hall–Kier alpha value is -1.39. The topological polar surface area (TPSA) is 58.4 Å². The molecule has 0 radical (unpaired) electrons. The van der Waals surface area contributed by atoms with E-state index in [4.69, 9.17) is 5.73 Å². The normalized spacial score (nSPS) is 14.1. The highest BCUT2D eigenvalue weighted by atomic mass is 16.2. The van der Waals surface area contributed by atoms with Crippen molar-refractivity contribution in [2.24, 2.45) is 5.73 Å². The first-order chi connectivity index (χ1) is 9.53. The van der Waals surface area contributed by atoms with Gasteiger partial charge in [0.15, 0.2) is 0 Å². The van der Waals surface area contributed by atoms with E-state index in [1.54, 1.807) is 0 Å². The van der Waals surface area contributed by atoms with Crippen LogP contribution in [0.2, 0.25) is 0 Å². The highest BCUT2D eigenvalue weighted by molar-refractivity contribution is 5.94. The second kappa shape index (κ2) is 8.02. The molecule has 1 amide bonds. The lowest BCUT2D eigenvalue weighted by molar-refractivity contribution is -0.121. The minimum atomic E-state index is -0.135. The largest absolute Gasteiger partial charge is 0.326 e. The predicted octanol–water partition coefficient (Wildman–Crippen LogP) is 2.59. The van der Waals surface area contributed by atoms with Crippen molar-refractivity contribution in [3.05, 3.63) is 29.8 Å². The van der Waals surface area contributed by atoms with Crippen LogP contribution in [0.1, 0.15) is 39.7 Å². The van der Waals surface area contributed by atoms with Gasteiger partial charge in [0.2, 0.25) is 5.91 Å². The molecule has 2 unspecified atom stereocenters. The van der Waals surface area contributed by atoms with Crippen LogP contribution in [0.5, 0.6) is 0 Å². The molecule has 0 bridgehead atoms. The number of rotatable bonds is 7. The fraction of sp³-hybridized carbons (Fsp3) is 0.562. The first-order valence-corrected chi connectivity index (χ1v) is 7.39. The molecule has 0 aliphatic rings. The molecule has 0 aromatic heterocycles. The van der Waals surface area contributed by atoms with Crippen molar-refractivity contribution in [1.82, 2.24) is 4.90 Å². The van der Waals surface area contributed by atoms with Gasteiger partial charge in [0.05, 0.1) is 6.04 Å². The van der Waals surface area contributed by atoms with Crippen molar-refractivity contribution >= 4 is 11.6 Å². The Kier molecular flexibility index (Phi) is 6.68. The summed E-state index contributed by atoms with van der Waals surface area (Å²) >= 11 is 0. The molecule has 0 saturated heterocycles. The summed E-state index contributed by atoms with van der Waals surface area (Å²) in [7, 11) is 0. The number of nitrogens with zero attached hydrogens (tertiary/aromatic N) is 1. The summed E-state index contributed by atoms with van der Waals surface area (Å²) < 4.78 is 0. The fourth-order valence-corrected chi connectivity index (χ4v) is 2.32. The number of hydrogen-bond acceptors (Lipinski definition) is 3. The van der Waals surface area contributed by atoms with Crippen LogP contribution in [0.4, 0.5) is 5.69 Å². The summed E-state index contributed by atoms with van der Waals surface area (Å²) in [6, 6.07) is 7.93. The Morgan fingerprint density at radius 2 is 1.85 bits per heavy atom. The molecule has 3 N–H and O–H groups in total. The second-order valence-corrected chi connectivity index (χ2v) is 5.15. The Morgan fingerprint density at radius 3 is 2.30 bits per heavy atom. The van der Waals surface area contributed by atoms with E-state index in [1.807, 2.05) is 31.2 Å². The van der Waals surface area contributed by atoms with Gasteiger partial charge in [0.1, 0.15) is 0 Å². The van der Waals surface area contributed by atoms with Crippen molar-refractivity contribution in [3.8, 4) is 0 Å². The van der Waals surface area contributed by atoms with Gasteiger partial charge in [0, 0.05) is 18.3 Å². The van der Waals surface area contributed by atoms with E-state index < -0.39 is 0 Å². The Labute approximate surface area is 122 Å². The van der Waals surface area contributed by atoms with Crippen molar-refractivity contribution < 1.29 is 4.79 Å². The summed E-state index contributed by atoms with van der Waals surface area (Å²) in [5.74, 6) is 0.0349. The maximum Gasteiger partial charge on any atom is 0.241 e. The van der Waals surface area contributed by atoms with Crippen LogP contribution in [-0.2, 0) is 11.3 Å². The van der Waals surface area contributed by atoms with E-state index in [9.17, 15) is 4.79 Å². The molecule has 0 aliphatic carbocycles. The quantitative estimate of drug-likeness (QED) is 0.805. The van der Waals surface area contributed by atoms with Crippen LogP contribution in [0, 0.1) is 0 Å². The zero-order chi connectivity index (χ0) is 15.1. The summed E-state index contributed by atoms with van der Waals surface area (Å²) in [4.78, 5) is 14.5. The molecule has 0 saturated carbocycles. The first-order valence-electron chi connectivity index (χ1n) is 7.39. The predicted molar refractivity (Wildman–Crippen MR) is 84.6 cm³/mol. The first kappa shape index (κ1) is 16.7. The lowest BCUT2D eigenvalue weighted by atomic mass is 10.1. The van der Waals surface area contributed by atoms with Gasteiger partial charge in [-0.05, 0) is 44.5 Å². The maximum atomic E-state index is 12.3. The molecular formula is C16H27N3O. The maximum absolute atomic E-state index is 12.3. The third kappa shape index (κ3) is 4.32. The van der Waals surface area contributed by atoms with Crippen LogP contribution in [0.15, 0.2) is 24.3 Å². The summed E-state index contributed by atoms with van der Waals surface area (Å²) in [6.07, 6.45) is 1.04. The van der Waals surface area contributed by atoms with Crippen LogP contribution >= 0.6 is 0 Å². The van der Waals surface area contributed by atoms with Crippen LogP contribution < -0.4 is 11.1 Å². The molecule has 112 valence electrons. The van der Waals surface area contributed by atoms with E-state index in [0.29, 0.717) is 12.6 Å². The number of likely N-dealkylation sites (N-methyl/N-ethyl adjacent to an activating group) is 1. The highest BCUT2D eigenvalue weighted by Gasteiger charge is 2.23. The number of nitrogens with two attached hydrogens (primary N) is 1. The number of benzene rings is 1. The SMILES string of the molecule is CCC(C)N(CC)C(C)C(=O)Nc1ccc(CN)cc1. The number of nitrogens with one attached hydrogen (secondary N) is 1. The molecule has 0 aliphatic heterocycles. The van der Waals surface area contributed by atoms with Gasteiger partial charge in [-0.1, -0.05) is 26.0 Å². The van der Waals surface area contributed by atoms with E-state index in [2.05, 4.69) is 31.0 Å². The van der Waals surface area contributed by atoms with Crippen molar-refractivity contribution in [2.75, 3.05) is 11.9 Å². The smallest absolute Gasteiger partial charge is 0.241 e. The third-order valence-electron chi connectivity index (χ3n) is 3.86. The number of carbonyl (C=O) groups excluding carboxylic acids is 1. The van der Waals surface area contributed by atoms with Gasteiger partial charge in [-0.2, -0.15) is 0 Å². The molecule has 1 aromatic carbocycles. The molecule has 0 fully saturated rings. The number of amides is 1. The van der Waals surface area contributed by atoms with Crippen LogP contribution in [-0.4, -0.2) is 29.4 Å². The molecule has 1 rings (SSSR count). The van der Waals surface area contributed by atoms with Gasteiger partial charge in [-0.25, -0.2) is 0 Å². The van der Waals surface area contributed by atoms with E-state index in [0.717, 1.165) is 24.2 Å². The Morgan fingerprint density at radius 1 is 1.25 bits per heavy atom. The molecule has 4 heteroatoms. The minimum Gasteiger partial charge on any atom is -0.326 e. The average molecular weight is 277 g/mol. The molecule has 0 heterocycles. The van der Waals surface area contributed by atoms with E-state index >= 15 is 0 Å². The molecular weight excluding hydrogens is 250 g/mol. The molecule has 0 spiro atoms. The molecule has 20 heavy (non-hydrogen) atoms. The van der Waals surface area contributed by atoms with Gasteiger partial charge in [0.25, 0.3) is 0 Å². The monoisotopic (exact) mass is 277 g/mol. The van der Waals surface area contributed by atoms with Gasteiger partial charge < -0.3 is 11.1 Å². The standard InChI is InChI=1S/C16H27N3O/c1-5-12(3)19(6-2)13(4)16(20)18-15-9-7-14(11-17)8-10-15/h7-10,12-13H,5-6,11,17H2,1-4H3,(H,18,20). The molecule has 1 aromatic rings. The van der Waals surface area contributed by atoms with E-state index in [-0.39, 0.29) is 11.9 Å². The van der Waals surface area contributed by atoms with Gasteiger partial charge in [-0.3, -0.25) is 9.69 Å². The van der Waals surface area contributed by atoms with E-state index in [1.165, 1.54) is 0 Å². The lowest BCUT2D eigenvalue weighted by Gasteiger charge is -2.32. The summed E-state index contributed by atoms with van der Waals surface area (Å²) in [6.45, 7) is 9.73. The van der Waals surface area contributed by atoms with Crippen molar-refractivity contribution in [1.29, 1.82) is 0 Å². The highest BCUT2D eigenvalue weighted by Crippen LogP contribution is 2.13.